The SMILES string of the molecule is CCOC(=O)N1C[C@@H](CCc2ccc(OCCc3nc(-c4ccccc4)oc3C)cc2)[C@@H](C(=O)O)C1.Cc1oc(-c2ccccc2)nc1CCOc1ccc(CC[C@@H]2CN(C(=O)Oc3ccccc3)C[C@@H]2C(=O)O)cc1.Cc1oc(-c2ccccc2)nc1CCOc1ccc(C[C@@H]2C(=O)N(c3ccc(C(C)(C)C)cc3)[C@@H]2C(=O)O)cc1. The Morgan fingerprint density at radius 2 is 0.810 bits per heavy atom. The van der Waals surface area contributed by atoms with Crippen LogP contribution in [0, 0.1) is 50.4 Å². The van der Waals surface area contributed by atoms with E-state index in [1.54, 1.807) is 31.2 Å². The fourth-order valence-electron chi connectivity index (χ4n) is 14.6. The molecular weight excluding hydrogens is 1470 g/mol. The highest BCUT2D eigenvalue weighted by Gasteiger charge is 2.52. The van der Waals surface area contributed by atoms with Crippen molar-refractivity contribution in [2.75, 3.05) is 57.5 Å². The number of hydrogen-bond donors (Lipinski definition) is 3. The summed E-state index contributed by atoms with van der Waals surface area (Å²) in [6, 6.07) is 68.0. The molecule has 6 atom stereocenters. The zero-order valence-electron chi connectivity index (χ0n) is 66.3. The number of rotatable bonds is 29. The largest absolute Gasteiger partial charge is 0.493 e. The summed E-state index contributed by atoms with van der Waals surface area (Å²) in [4.78, 5) is 91.6. The number of carbonyl (C=O) groups excluding carboxylic acids is 3. The van der Waals surface area contributed by atoms with E-state index in [9.17, 15) is 44.1 Å². The molecule has 8 aromatic carbocycles. The van der Waals surface area contributed by atoms with Gasteiger partial charge in [-0.25, -0.2) is 29.3 Å². The van der Waals surface area contributed by atoms with Crippen molar-refractivity contribution in [3.05, 3.63) is 275 Å². The predicted octanol–water partition coefficient (Wildman–Crippen LogP) is 17.3. The molecule has 3 amide bonds. The quantitative estimate of drug-likeness (QED) is 0.0367. The number of carboxylic acid groups (broad SMARTS) is 3. The highest BCUT2D eigenvalue weighted by atomic mass is 16.6. The highest BCUT2D eigenvalue weighted by molar-refractivity contribution is 6.10. The molecule has 11 aromatic rings. The summed E-state index contributed by atoms with van der Waals surface area (Å²) in [5.41, 5.74) is 10.2. The number of para-hydroxylation sites is 1. The molecule has 0 aliphatic carbocycles. The number of likely N-dealkylation sites (tertiary alicyclic amines) is 2. The molecule has 0 unspecified atom stereocenters. The lowest BCUT2D eigenvalue weighted by Crippen LogP contribution is -2.65. The molecule has 23 heteroatoms. The number of hydrogen-bond acceptors (Lipinski definition) is 17. The summed E-state index contributed by atoms with van der Waals surface area (Å²) in [7, 11) is 0. The van der Waals surface area contributed by atoms with E-state index in [1.807, 2.05) is 215 Å². The van der Waals surface area contributed by atoms with Gasteiger partial charge in [0.1, 0.15) is 46.3 Å². The standard InChI is InChI=1S/C33H34N2O5.C32H32N2O6.C28H32N2O6/c1-21-28(34-30(40-21)23-8-6-5-7-9-23)18-19-39-26-16-10-22(11-17-26)20-27-29(32(37)38)35(31(27)36)25-14-12-24(13-15-25)33(2,3)4;1-22-29(33-30(39-22)24-8-4-2-5-9-24)18-19-38-26-16-13-23(14-17-26)12-15-25-20-34(21-28(25)31(35)36)32(37)40-27-10-6-3-7-11-27;1-3-34-28(33)30-17-22(24(18-30)27(31)32)12-9-20-10-13-23(14-11-20)35-16-15-25-19(2)36-26(29-25)21-7-5-4-6-8-21/h5-17,27,29H,18-20H2,1-4H3,(H,37,38);2-11,13-14,16-17,25,28H,12,15,18-21H2,1H3,(H,35,36);4-8,10-11,13-14,22,24H,3,9,12,15-18H2,1-2H3,(H,31,32)/t27-,29-;25-,28+;22-,24+/m011/s1. The molecule has 116 heavy (non-hydrogen) atoms. The maximum absolute atomic E-state index is 13.1. The predicted molar refractivity (Wildman–Crippen MR) is 437 cm³/mol. The molecule has 3 aliphatic rings. The molecular formula is C93H98N6O17. The second kappa shape index (κ2) is 38.8. The van der Waals surface area contributed by atoms with Gasteiger partial charge in [-0.3, -0.25) is 19.3 Å². The molecule has 0 radical (unpaired) electrons. The number of ether oxygens (including phenoxy) is 5. The van der Waals surface area contributed by atoms with Gasteiger partial charge < -0.3 is 62.1 Å². The van der Waals surface area contributed by atoms with Crippen LogP contribution in [0.15, 0.2) is 232 Å². The minimum atomic E-state index is -0.997. The molecule has 0 bridgehead atoms. The van der Waals surface area contributed by atoms with Crippen molar-refractivity contribution >= 4 is 41.7 Å². The van der Waals surface area contributed by atoms with E-state index in [-0.39, 0.29) is 42.9 Å². The molecule has 602 valence electrons. The first kappa shape index (κ1) is 82.7. The zero-order valence-corrected chi connectivity index (χ0v) is 66.3. The summed E-state index contributed by atoms with van der Waals surface area (Å²) in [6.45, 7) is 16.6. The molecule has 14 rings (SSSR count). The minimum Gasteiger partial charge on any atom is -0.493 e. The van der Waals surface area contributed by atoms with E-state index in [0.717, 1.165) is 91.2 Å². The molecule has 0 saturated carbocycles. The van der Waals surface area contributed by atoms with Crippen LogP contribution in [0.4, 0.5) is 15.3 Å². The first-order valence-corrected chi connectivity index (χ1v) is 39.3. The number of aryl methyl sites for hydroxylation is 5. The number of nitrogens with zero attached hydrogens (tertiary/aromatic N) is 6. The monoisotopic (exact) mass is 1570 g/mol. The van der Waals surface area contributed by atoms with Crippen molar-refractivity contribution < 1.29 is 81.0 Å². The van der Waals surface area contributed by atoms with Gasteiger partial charge in [-0.2, -0.15) is 0 Å². The first-order valence-electron chi connectivity index (χ1n) is 39.3. The smallest absolute Gasteiger partial charge is 0.415 e. The van der Waals surface area contributed by atoms with Crippen LogP contribution in [-0.2, 0) is 67.9 Å². The average molecular weight is 1570 g/mol. The normalized spacial score (nSPS) is 16.9. The summed E-state index contributed by atoms with van der Waals surface area (Å²) in [6.07, 6.45) is 4.04. The minimum absolute atomic E-state index is 0.0247. The number of aliphatic carboxylic acids is 3. The third-order valence-corrected chi connectivity index (χ3v) is 21.1. The van der Waals surface area contributed by atoms with Crippen LogP contribution < -0.4 is 23.8 Å². The maximum atomic E-state index is 13.1. The van der Waals surface area contributed by atoms with Crippen molar-refractivity contribution in [2.24, 2.45) is 29.6 Å². The fraction of sp³-hybridized carbons (Fsp3) is 0.323. The number of amides is 3. The number of anilines is 1. The Kier molecular flexibility index (Phi) is 27.7. The van der Waals surface area contributed by atoms with E-state index in [4.69, 9.17) is 36.9 Å². The lowest BCUT2D eigenvalue weighted by Gasteiger charge is -2.44. The van der Waals surface area contributed by atoms with Crippen molar-refractivity contribution in [2.45, 2.75) is 111 Å². The number of oxazole rings is 3. The second-order valence-corrected chi connectivity index (χ2v) is 30.2. The van der Waals surface area contributed by atoms with Crippen LogP contribution in [0.1, 0.15) is 97.2 Å². The topological polar surface area (TPSA) is 297 Å². The van der Waals surface area contributed by atoms with Gasteiger partial charge in [0, 0.05) is 67.8 Å². The number of carbonyl (C=O) groups is 6. The number of benzene rings is 8. The third kappa shape index (κ3) is 21.7. The average Bonchev–Trinajstić information content (AvgIpc) is 0.872. The van der Waals surface area contributed by atoms with Gasteiger partial charge in [-0.1, -0.05) is 142 Å². The Labute approximate surface area is 674 Å². The van der Waals surface area contributed by atoms with Crippen molar-refractivity contribution in [1.82, 2.24) is 24.8 Å². The molecule has 3 aromatic heterocycles. The molecule has 23 nitrogen and oxygen atoms in total. The third-order valence-electron chi connectivity index (χ3n) is 21.1. The lowest BCUT2D eigenvalue weighted by atomic mass is 9.81. The summed E-state index contributed by atoms with van der Waals surface area (Å²) >= 11 is 0. The number of β-lactam (4-membered cyclic amide) rings is 1. The maximum Gasteiger partial charge on any atom is 0.415 e. The molecule has 3 aliphatic heterocycles. The number of carboxylic acids is 3. The van der Waals surface area contributed by atoms with Gasteiger partial charge in [0.2, 0.25) is 23.6 Å². The van der Waals surface area contributed by atoms with Crippen LogP contribution in [0.25, 0.3) is 34.4 Å². The molecule has 3 N–H and O–H groups in total. The van der Waals surface area contributed by atoms with E-state index in [2.05, 4.69) is 35.7 Å². The Morgan fingerprint density at radius 1 is 0.440 bits per heavy atom. The highest BCUT2D eigenvalue weighted by Crippen LogP contribution is 2.38. The van der Waals surface area contributed by atoms with Gasteiger partial charge in [0.05, 0.1) is 61.3 Å². The Balaban J connectivity index is 0.000000161. The van der Waals surface area contributed by atoms with Gasteiger partial charge in [-0.05, 0) is 196 Å². The molecule has 6 heterocycles. The van der Waals surface area contributed by atoms with E-state index in [1.165, 1.54) is 14.7 Å². The van der Waals surface area contributed by atoms with Crippen LogP contribution in [0.2, 0.25) is 0 Å². The van der Waals surface area contributed by atoms with E-state index in [0.29, 0.717) is 113 Å². The van der Waals surface area contributed by atoms with Gasteiger partial charge in [0.25, 0.3) is 0 Å². The van der Waals surface area contributed by atoms with E-state index < -0.39 is 53.9 Å². The van der Waals surface area contributed by atoms with Crippen LogP contribution in [0.5, 0.6) is 23.0 Å². The summed E-state index contributed by atoms with van der Waals surface area (Å²) in [5.74, 6) is 1.87. The molecule has 3 fully saturated rings. The van der Waals surface area contributed by atoms with Gasteiger partial charge in [-0.15, -0.1) is 0 Å². The van der Waals surface area contributed by atoms with Crippen molar-refractivity contribution in [1.29, 1.82) is 0 Å². The van der Waals surface area contributed by atoms with Crippen LogP contribution in [-0.4, -0.2) is 135 Å². The summed E-state index contributed by atoms with van der Waals surface area (Å²) < 4.78 is 45.7. The van der Waals surface area contributed by atoms with Crippen molar-refractivity contribution in [3.8, 4) is 57.4 Å². The Morgan fingerprint density at radius 3 is 1.17 bits per heavy atom. The second-order valence-electron chi connectivity index (χ2n) is 30.2. The Hall–Kier alpha value is -12.8. The van der Waals surface area contributed by atoms with E-state index >= 15 is 0 Å². The van der Waals surface area contributed by atoms with Crippen molar-refractivity contribution in [3.63, 3.8) is 0 Å². The zero-order chi connectivity index (χ0) is 81.8. The van der Waals surface area contributed by atoms with Crippen LogP contribution in [0.3, 0.4) is 0 Å². The summed E-state index contributed by atoms with van der Waals surface area (Å²) in [5, 5.41) is 29.2. The fourth-order valence-corrected chi connectivity index (χ4v) is 14.6. The van der Waals surface area contributed by atoms with Gasteiger partial charge in [0.15, 0.2) is 0 Å². The lowest BCUT2D eigenvalue weighted by molar-refractivity contribution is -0.149. The van der Waals surface area contributed by atoms with Gasteiger partial charge >= 0.3 is 30.1 Å². The first-order chi connectivity index (χ1) is 56.0. The Bertz CT molecular complexity index is 5070. The molecule has 0 spiro atoms. The molecule has 3 saturated heterocycles. The number of aromatic nitrogens is 3. The van der Waals surface area contributed by atoms with Crippen LogP contribution >= 0.6 is 0 Å².